The molecule has 5 nitrogen and oxygen atoms in total. The molecule has 3 saturated carbocycles. The molecule has 0 radical (unpaired) electrons. The van der Waals surface area contributed by atoms with Crippen LogP contribution in [0.25, 0.3) is 0 Å². The monoisotopic (exact) mass is 434 g/mol. The lowest BCUT2D eigenvalue weighted by molar-refractivity contribution is -0.163. The maximum atomic E-state index is 9.86. The van der Waals surface area contributed by atoms with Gasteiger partial charge in [-0.2, -0.15) is 0 Å². The minimum Gasteiger partial charge on any atom is -0.396 e. The highest BCUT2D eigenvalue weighted by molar-refractivity contribution is 5.40. The quantitative estimate of drug-likeness (QED) is 0.561. The number of rotatable bonds is 8. The standard InChI is InChI=1S/C26H42O5/c1-17(14-27)21-8-9-22-20-7-6-18-12-19(30-15-28-4)13-24(31-16-29-5)26(18,3)23(20)10-11-25(21,22)2/h6-7,17,19,21-24,27H,8-16H2,1-5H3/t17?,19?,21-,22+,23+,24?,25-,26+/m1/s1. The molecule has 0 heterocycles. The summed E-state index contributed by atoms with van der Waals surface area (Å²) in [5.41, 5.74) is 3.37. The summed E-state index contributed by atoms with van der Waals surface area (Å²) >= 11 is 0. The topological polar surface area (TPSA) is 57.2 Å². The highest BCUT2D eigenvalue weighted by Gasteiger charge is 2.59. The van der Waals surface area contributed by atoms with Gasteiger partial charge in [0, 0.05) is 32.7 Å². The van der Waals surface area contributed by atoms with Gasteiger partial charge in [-0.3, -0.25) is 0 Å². The largest absolute Gasteiger partial charge is 0.396 e. The van der Waals surface area contributed by atoms with Crippen molar-refractivity contribution < 1.29 is 24.1 Å². The smallest absolute Gasteiger partial charge is 0.146 e. The van der Waals surface area contributed by atoms with Crippen LogP contribution in [0.5, 0.6) is 0 Å². The van der Waals surface area contributed by atoms with Gasteiger partial charge in [0.15, 0.2) is 0 Å². The van der Waals surface area contributed by atoms with Crippen LogP contribution in [-0.4, -0.2) is 51.7 Å². The Kier molecular flexibility index (Phi) is 7.00. The van der Waals surface area contributed by atoms with Crippen LogP contribution in [0.3, 0.4) is 0 Å². The van der Waals surface area contributed by atoms with Gasteiger partial charge in [-0.25, -0.2) is 0 Å². The molecule has 5 heteroatoms. The van der Waals surface area contributed by atoms with Gasteiger partial charge in [0.25, 0.3) is 0 Å². The van der Waals surface area contributed by atoms with E-state index in [1.807, 2.05) is 0 Å². The maximum Gasteiger partial charge on any atom is 0.146 e. The number of hydrogen-bond donors (Lipinski definition) is 1. The lowest BCUT2D eigenvalue weighted by atomic mass is 9.49. The van der Waals surface area contributed by atoms with Crippen LogP contribution in [0, 0.1) is 34.5 Å². The van der Waals surface area contributed by atoms with Crippen molar-refractivity contribution in [3.05, 3.63) is 23.3 Å². The summed E-state index contributed by atoms with van der Waals surface area (Å²) in [7, 11) is 3.37. The van der Waals surface area contributed by atoms with Gasteiger partial charge < -0.3 is 24.1 Å². The summed E-state index contributed by atoms with van der Waals surface area (Å²) in [5, 5.41) is 9.86. The van der Waals surface area contributed by atoms with Gasteiger partial charge in [-0.1, -0.05) is 44.1 Å². The fourth-order valence-corrected chi connectivity index (χ4v) is 7.79. The molecule has 4 rings (SSSR count). The number of ether oxygens (including phenoxy) is 4. The van der Waals surface area contributed by atoms with Crippen molar-refractivity contribution in [3.63, 3.8) is 0 Å². The molecular weight excluding hydrogens is 392 g/mol. The summed E-state index contributed by atoms with van der Waals surface area (Å²) in [6.07, 6.45) is 11.7. The summed E-state index contributed by atoms with van der Waals surface area (Å²) in [5.74, 6) is 2.12. The van der Waals surface area contributed by atoms with E-state index in [0.29, 0.717) is 49.3 Å². The molecule has 0 amide bonds. The Morgan fingerprint density at radius 2 is 1.77 bits per heavy atom. The molecular formula is C26H42O5. The number of hydrogen-bond acceptors (Lipinski definition) is 5. The Bertz CT molecular complexity index is 702. The van der Waals surface area contributed by atoms with Gasteiger partial charge in [0.2, 0.25) is 0 Å². The van der Waals surface area contributed by atoms with E-state index >= 15 is 0 Å². The highest BCUT2D eigenvalue weighted by Crippen LogP contribution is 2.66. The van der Waals surface area contributed by atoms with Gasteiger partial charge in [0.1, 0.15) is 13.6 Å². The SMILES string of the molecule is COCOC1CC2=CC=C3[C@@H]4CC[C@H](C(C)CO)[C@@]4(C)CC[C@@H]3[C@@]2(C)C(OCOC)C1. The van der Waals surface area contributed by atoms with Crippen LogP contribution >= 0.6 is 0 Å². The molecule has 0 aliphatic heterocycles. The minimum absolute atomic E-state index is 0.0163. The predicted octanol–water partition coefficient (Wildman–Crippen LogP) is 4.70. The van der Waals surface area contributed by atoms with Crippen molar-refractivity contribution in [3.8, 4) is 0 Å². The second-order valence-corrected chi connectivity index (χ2v) is 10.8. The van der Waals surface area contributed by atoms with Crippen molar-refractivity contribution in [1.82, 2.24) is 0 Å². The zero-order chi connectivity index (χ0) is 22.2. The molecule has 0 saturated heterocycles. The van der Waals surface area contributed by atoms with E-state index < -0.39 is 0 Å². The van der Waals surface area contributed by atoms with Crippen LogP contribution < -0.4 is 0 Å². The lowest BCUT2D eigenvalue weighted by Gasteiger charge is -2.57. The zero-order valence-electron chi connectivity index (χ0n) is 20.1. The van der Waals surface area contributed by atoms with Crippen molar-refractivity contribution in [2.75, 3.05) is 34.4 Å². The average molecular weight is 435 g/mol. The molecule has 4 aliphatic rings. The number of aliphatic hydroxyl groups is 1. The van der Waals surface area contributed by atoms with Gasteiger partial charge in [-0.05, 0) is 61.2 Å². The molecule has 0 bridgehead atoms. The highest BCUT2D eigenvalue weighted by atomic mass is 16.7. The number of allylic oxidation sites excluding steroid dienone is 3. The van der Waals surface area contributed by atoms with Crippen LogP contribution in [0.15, 0.2) is 23.3 Å². The Morgan fingerprint density at radius 3 is 2.48 bits per heavy atom. The number of methoxy groups -OCH3 is 2. The molecule has 1 N–H and O–H groups in total. The predicted molar refractivity (Wildman–Crippen MR) is 120 cm³/mol. The van der Waals surface area contributed by atoms with Gasteiger partial charge in [-0.15, -0.1) is 0 Å². The van der Waals surface area contributed by atoms with Crippen LogP contribution in [0.2, 0.25) is 0 Å². The van der Waals surface area contributed by atoms with Crippen molar-refractivity contribution in [2.24, 2.45) is 34.5 Å². The fraction of sp³-hybridized carbons (Fsp3) is 0.846. The third-order valence-corrected chi connectivity index (χ3v) is 9.46. The molecule has 0 aromatic carbocycles. The van der Waals surface area contributed by atoms with Gasteiger partial charge in [0.05, 0.1) is 12.2 Å². The molecule has 31 heavy (non-hydrogen) atoms. The Morgan fingerprint density at radius 1 is 1.03 bits per heavy atom. The van der Waals surface area contributed by atoms with E-state index in [2.05, 4.69) is 32.9 Å². The first kappa shape index (κ1) is 23.4. The van der Waals surface area contributed by atoms with Crippen molar-refractivity contribution >= 4 is 0 Å². The average Bonchev–Trinajstić information content (AvgIpc) is 3.13. The first-order valence-corrected chi connectivity index (χ1v) is 12.1. The molecule has 3 fully saturated rings. The molecule has 0 aromatic rings. The number of aliphatic hydroxyl groups excluding tert-OH is 1. The van der Waals surface area contributed by atoms with Crippen molar-refractivity contribution in [1.29, 1.82) is 0 Å². The molecule has 3 unspecified atom stereocenters. The summed E-state index contributed by atoms with van der Waals surface area (Å²) < 4.78 is 22.8. The van der Waals surface area contributed by atoms with E-state index in [1.54, 1.807) is 19.8 Å². The van der Waals surface area contributed by atoms with Crippen LogP contribution in [0.1, 0.15) is 59.3 Å². The third-order valence-electron chi connectivity index (χ3n) is 9.46. The second-order valence-electron chi connectivity index (χ2n) is 10.8. The number of fused-ring (bicyclic) bond motifs is 5. The summed E-state index contributed by atoms with van der Waals surface area (Å²) in [6.45, 7) is 8.08. The fourth-order valence-electron chi connectivity index (χ4n) is 7.79. The van der Waals surface area contributed by atoms with E-state index in [9.17, 15) is 5.11 Å². The first-order valence-electron chi connectivity index (χ1n) is 12.1. The zero-order valence-corrected chi connectivity index (χ0v) is 20.1. The van der Waals surface area contributed by atoms with Crippen LogP contribution in [-0.2, 0) is 18.9 Å². The van der Waals surface area contributed by atoms with E-state index in [0.717, 1.165) is 12.8 Å². The Balaban J connectivity index is 1.65. The normalized spacial score (nSPS) is 42.8. The maximum absolute atomic E-state index is 9.86. The van der Waals surface area contributed by atoms with Crippen LogP contribution in [0.4, 0.5) is 0 Å². The molecule has 0 aromatic heterocycles. The van der Waals surface area contributed by atoms with E-state index in [1.165, 1.54) is 31.3 Å². The first-order chi connectivity index (χ1) is 14.9. The molecule has 176 valence electrons. The lowest BCUT2D eigenvalue weighted by Crippen LogP contribution is -2.53. The van der Waals surface area contributed by atoms with E-state index in [-0.39, 0.29) is 17.6 Å². The Hall–Kier alpha value is -0.720. The minimum atomic E-state index is -0.0163. The molecule has 0 spiro atoms. The van der Waals surface area contributed by atoms with Gasteiger partial charge >= 0.3 is 0 Å². The van der Waals surface area contributed by atoms with Crippen molar-refractivity contribution in [2.45, 2.75) is 71.5 Å². The third kappa shape index (κ3) is 3.85. The summed E-state index contributed by atoms with van der Waals surface area (Å²) in [4.78, 5) is 0. The summed E-state index contributed by atoms with van der Waals surface area (Å²) in [6, 6.07) is 0. The molecule has 8 atom stereocenters. The second kappa shape index (κ2) is 9.26. The van der Waals surface area contributed by atoms with E-state index in [4.69, 9.17) is 18.9 Å². The molecule has 4 aliphatic carbocycles. The Labute approximate surface area is 188 Å².